The lowest BCUT2D eigenvalue weighted by atomic mass is 9.97. The Morgan fingerprint density at radius 3 is 2.15 bits per heavy atom. The van der Waals surface area contributed by atoms with E-state index in [1.807, 2.05) is 13.8 Å². The van der Waals surface area contributed by atoms with Crippen molar-refractivity contribution in [2.45, 2.75) is 39.7 Å². The number of ketones is 1. The molecule has 1 aliphatic rings. The van der Waals surface area contributed by atoms with Crippen molar-refractivity contribution in [1.29, 1.82) is 0 Å². The fourth-order valence-electron chi connectivity index (χ4n) is 1.41. The molecule has 1 rings (SSSR count). The van der Waals surface area contributed by atoms with E-state index in [0.29, 0.717) is 0 Å². The molecule has 13 heavy (non-hydrogen) atoms. The van der Waals surface area contributed by atoms with Crippen LogP contribution in [-0.2, 0) is 9.59 Å². The highest BCUT2D eigenvalue weighted by atomic mass is 16.2. The van der Waals surface area contributed by atoms with E-state index in [-0.39, 0.29) is 29.6 Å². The van der Waals surface area contributed by atoms with Gasteiger partial charge in [0.1, 0.15) is 0 Å². The highest BCUT2D eigenvalue weighted by Crippen LogP contribution is 2.32. The van der Waals surface area contributed by atoms with Gasteiger partial charge in [0.2, 0.25) is 5.91 Å². The van der Waals surface area contributed by atoms with Crippen LogP contribution < -0.4 is 5.32 Å². The van der Waals surface area contributed by atoms with E-state index in [1.165, 1.54) is 6.92 Å². The molecule has 0 aromatic heterocycles. The Morgan fingerprint density at radius 2 is 1.85 bits per heavy atom. The van der Waals surface area contributed by atoms with Crippen molar-refractivity contribution in [3.63, 3.8) is 0 Å². The molecular weight excluding hydrogens is 166 g/mol. The van der Waals surface area contributed by atoms with Gasteiger partial charge in [-0.2, -0.15) is 0 Å². The maximum Gasteiger partial charge on any atom is 0.217 e. The first-order valence-corrected chi connectivity index (χ1v) is 4.83. The quantitative estimate of drug-likeness (QED) is 0.710. The van der Waals surface area contributed by atoms with Gasteiger partial charge in [-0.1, -0.05) is 13.8 Å². The summed E-state index contributed by atoms with van der Waals surface area (Å²) in [5.41, 5.74) is 0. The third kappa shape index (κ3) is 2.83. The van der Waals surface area contributed by atoms with Crippen LogP contribution in [0.5, 0.6) is 0 Å². The number of carbonyl (C=O) groups is 2. The first kappa shape index (κ1) is 10.2. The molecule has 0 heterocycles. The molecule has 1 saturated carbocycles. The van der Waals surface area contributed by atoms with Gasteiger partial charge in [-0.05, 0) is 18.8 Å². The van der Waals surface area contributed by atoms with E-state index >= 15 is 0 Å². The van der Waals surface area contributed by atoms with Crippen molar-refractivity contribution in [3.05, 3.63) is 0 Å². The lowest BCUT2D eigenvalue weighted by Gasteiger charge is -2.19. The lowest BCUT2D eigenvalue weighted by Crippen LogP contribution is -2.44. The van der Waals surface area contributed by atoms with E-state index in [0.717, 1.165) is 12.8 Å². The summed E-state index contributed by atoms with van der Waals surface area (Å²) in [6.07, 6.45) is 2.00. The summed E-state index contributed by atoms with van der Waals surface area (Å²) in [7, 11) is 0. The smallest absolute Gasteiger partial charge is 0.217 e. The highest BCUT2D eigenvalue weighted by molar-refractivity contribution is 5.91. The predicted molar refractivity (Wildman–Crippen MR) is 50.2 cm³/mol. The van der Waals surface area contributed by atoms with Crippen LogP contribution >= 0.6 is 0 Å². The van der Waals surface area contributed by atoms with Crippen molar-refractivity contribution in [1.82, 2.24) is 5.32 Å². The third-order valence-electron chi connectivity index (χ3n) is 2.31. The number of carbonyl (C=O) groups excluding carboxylic acids is 2. The lowest BCUT2D eigenvalue weighted by molar-refractivity contribution is -0.128. The monoisotopic (exact) mass is 183 g/mol. The molecule has 1 N–H and O–H groups in total. The Hall–Kier alpha value is -0.860. The minimum atomic E-state index is -0.273. The number of hydrogen-bond acceptors (Lipinski definition) is 2. The topological polar surface area (TPSA) is 46.2 Å². The second kappa shape index (κ2) is 3.90. The van der Waals surface area contributed by atoms with Crippen LogP contribution in [0.3, 0.4) is 0 Å². The van der Waals surface area contributed by atoms with E-state index in [4.69, 9.17) is 0 Å². The van der Waals surface area contributed by atoms with Crippen LogP contribution in [0.1, 0.15) is 33.6 Å². The molecule has 1 amide bonds. The summed E-state index contributed by atoms with van der Waals surface area (Å²) < 4.78 is 0. The van der Waals surface area contributed by atoms with Crippen LogP contribution in [0.25, 0.3) is 0 Å². The molecule has 0 spiro atoms. The zero-order valence-corrected chi connectivity index (χ0v) is 8.46. The molecule has 0 saturated heterocycles. The number of Topliss-reactive ketones (excluding diaryl/α,β-unsaturated/α-hetero) is 1. The summed E-state index contributed by atoms with van der Waals surface area (Å²) in [6.45, 7) is 5.37. The van der Waals surface area contributed by atoms with Crippen molar-refractivity contribution < 1.29 is 9.59 Å². The molecule has 0 radical (unpaired) electrons. The average molecular weight is 183 g/mol. The minimum absolute atomic E-state index is 0.118. The summed E-state index contributed by atoms with van der Waals surface area (Å²) in [5, 5.41) is 2.71. The minimum Gasteiger partial charge on any atom is -0.346 e. The Bertz CT molecular complexity index is 219. The fraction of sp³-hybridized carbons (Fsp3) is 0.800. The fourth-order valence-corrected chi connectivity index (χ4v) is 1.41. The number of hydrogen-bond donors (Lipinski definition) is 1. The van der Waals surface area contributed by atoms with E-state index in [2.05, 4.69) is 5.32 Å². The molecule has 0 unspecified atom stereocenters. The number of rotatable bonds is 4. The average Bonchev–Trinajstić information content (AvgIpc) is 2.80. The van der Waals surface area contributed by atoms with Gasteiger partial charge in [0.05, 0.1) is 6.04 Å². The van der Waals surface area contributed by atoms with E-state index in [1.54, 1.807) is 0 Å². The third-order valence-corrected chi connectivity index (χ3v) is 2.31. The van der Waals surface area contributed by atoms with Crippen LogP contribution in [0.2, 0.25) is 0 Å². The molecule has 74 valence electrons. The maximum absolute atomic E-state index is 11.7. The molecule has 1 atom stereocenters. The van der Waals surface area contributed by atoms with Gasteiger partial charge in [0, 0.05) is 12.8 Å². The molecule has 3 heteroatoms. The van der Waals surface area contributed by atoms with Gasteiger partial charge in [-0.3, -0.25) is 9.59 Å². The Morgan fingerprint density at radius 1 is 1.31 bits per heavy atom. The van der Waals surface area contributed by atoms with Gasteiger partial charge in [-0.15, -0.1) is 0 Å². The Labute approximate surface area is 78.9 Å². The molecular formula is C10H17NO2. The predicted octanol–water partition coefficient (Wildman–Crippen LogP) is 1.13. The zero-order chi connectivity index (χ0) is 10.0. The van der Waals surface area contributed by atoms with Gasteiger partial charge in [0.25, 0.3) is 0 Å². The van der Waals surface area contributed by atoms with Crippen LogP contribution in [0.15, 0.2) is 0 Å². The SMILES string of the molecule is CC(=O)N[C@H](C(=O)C1CC1)C(C)C. The molecule has 1 fully saturated rings. The largest absolute Gasteiger partial charge is 0.346 e. The number of amides is 1. The molecule has 1 aliphatic carbocycles. The first-order valence-electron chi connectivity index (χ1n) is 4.83. The van der Waals surface area contributed by atoms with Crippen LogP contribution in [-0.4, -0.2) is 17.7 Å². The Balaban J connectivity index is 2.55. The van der Waals surface area contributed by atoms with Gasteiger partial charge < -0.3 is 5.32 Å². The van der Waals surface area contributed by atoms with E-state index in [9.17, 15) is 9.59 Å². The summed E-state index contributed by atoms with van der Waals surface area (Å²) in [4.78, 5) is 22.5. The first-order chi connectivity index (χ1) is 6.02. The Kier molecular flexibility index (Phi) is 3.07. The highest BCUT2D eigenvalue weighted by Gasteiger charge is 2.36. The van der Waals surface area contributed by atoms with Crippen molar-refractivity contribution >= 4 is 11.7 Å². The molecule has 0 aromatic rings. The zero-order valence-electron chi connectivity index (χ0n) is 8.46. The molecule has 0 bridgehead atoms. The standard InChI is InChI=1S/C10H17NO2/c1-6(2)9(11-7(3)12)10(13)8-4-5-8/h6,8-9H,4-5H2,1-3H3,(H,11,12)/t9-/m0/s1. The van der Waals surface area contributed by atoms with Crippen LogP contribution in [0, 0.1) is 11.8 Å². The van der Waals surface area contributed by atoms with Gasteiger partial charge in [-0.25, -0.2) is 0 Å². The summed E-state index contributed by atoms with van der Waals surface area (Å²) in [5.74, 6) is 0.508. The van der Waals surface area contributed by atoms with Gasteiger partial charge >= 0.3 is 0 Å². The second-order valence-electron chi connectivity index (χ2n) is 4.10. The maximum atomic E-state index is 11.7. The normalized spacial score (nSPS) is 18.5. The molecule has 0 aromatic carbocycles. The van der Waals surface area contributed by atoms with Gasteiger partial charge in [0.15, 0.2) is 5.78 Å². The molecule has 0 aliphatic heterocycles. The summed E-state index contributed by atoms with van der Waals surface area (Å²) >= 11 is 0. The van der Waals surface area contributed by atoms with E-state index < -0.39 is 0 Å². The number of nitrogens with one attached hydrogen (secondary N) is 1. The molecule has 3 nitrogen and oxygen atoms in total. The van der Waals surface area contributed by atoms with Crippen molar-refractivity contribution in [2.24, 2.45) is 11.8 Å². The van der Waals surface area contributed by atoms with Crippen molar-refractivity contribution in [2.75, 3.05) is 0 Å². The summed E-state index contributed by atoms with van der Waals surface area (Å²) in [6, 6.07) is -0.273. The van der Waals surface area contributed by atoms with Crippen LogP contribution in [0.4, 0.5) is 0 Å². The van der Waals surface area contributed by atoms with Crippen molar-refractivity contribution in [3.8, 4) is 0 Å². The second-order valence-corrected chi connectivity index (χ2v) is 4.10.